The normalized spacial score (nSPS) is 11.9. The number of hydrogen-bond acceptors (Lipinski definition) is 5. The van der Waals surface area contributed by atoms with Gasteiger partial charge in [-0.15, -0.1) is 0 Å². The van der Waals surface area contributed by atoms with Crippen molar-refractivity contribution in [2.24, 2.45) is 0 Å². The smallest absolute Gasteiger partial charge is 0.291 e. The second-order valence-corrected chi connectivity index (χ2v) is 4.23. The van der Waals surface area contributed by atoms with Gasteiger partial charge in [0.2, 0.25) is 0 Å². The van der Waals surface area contributed by atoms with E-state index in [2.05, 4.69) is 10.6 Å². The van der Waals surface area contributed by atoms with Crippen molar-refractivity contribution < 1.29 is 19.4 Å². The van der Waals surface area contributed by atoms with Gasteiger partial charge in [-0.1, -0.05) is 6.07 Å². The molecule has 106 valence electrons. The van der Waals surface area contributed by atoms with Crippen molar-refractivity contribution in [3.05, 3.63) is 48.4 Å². The number of nitrogens with one attached hydrogen (secondary N) is 2. The first-order chi connectivity index (χ1) is 9.69. The Balaban J connectivity index is 1.97. The van der Waals surface area contributed by atoms with Crippen LogP contribution < -0.4 is 10.6 Å². The lowest BCUT2D eigenvalue weighted by atomic mass is 10.2. The van der Waals surface area contributed by atoms with Gasteiger partial charge in [0.05, 0.1) is 19.0 Å². The summed E-state index contributed by atoms with van der Waals surface area (Å²) in [6.07, 6.45) is 0.611. The summed E-state index contributed by atoms with van der Waals surface area (Å²) in [6.45, 7) is -0.0754. The maximum atomic E-state index is 11.8. The van der Waals surface area contributed by atoms with Crippen molar-refractivity contribution in [2.45, 2.75) is 6.10 Å². The van der Waals surface area contributed by atoms with E-state index in [1.807, 2.05) is 0 Å². The van der Waals surface area contributed by atoms with E-state index in [1.54, 1.807) is 36.4 Å². The Bertz CT molecular complexity index is 554. The van der Waals surface area contributed by atoms with Gasteiger partial charge in [-0.05, 0) is 30.3 Å². The molecule has 0 aliphatic heterocycles. The average Bonchev–Trinajstić information content (AvgIpc) is 2.99. The Morgan fingerprint density at radius 2 is 2.05 bits per heavy atom. The summed E-state index contributed by atoms with van der Waals surface area (Å²) in [5, 5.41) is 23.7. The summed E-state index contributed by atoms with van der Waals surface area (Å²) < 4.78 is 5.00. The Kier molecular flexibility index (Phi) is 4.75. The van der Waals surface area contributed by atoms with Gasteiger partial charge in [0.25, 0.3) is 5.91 Å². The van der Waals surface area contributed by atoms with Gasteiger partial charge in [0.15, 0.2) is 5.76 Å². The highest BCUT2D eigenvalue weighted by molar-refractivity contribution is 6.02. The fourth-order valence-electron chi connectivity index (χ4n) is 1.61. The predicted octanol–water partition coefficient (Wildman–Crippen LogP) is 1.30. The van der Waals surface area contributed by atoms with Crippen LogP contribution >= 0.6 is 0 Å². The van der Waals surface area contributed by atoms with Crippen molar-refractivity contribution in [3.8, 4) is 0 Å². The van der Waals surface area contributed by atoms with Crippen LogP contribution in [0.3, 0.4) is 0 Å². The molecule has 0 fully saturated rings. The minimum atomic E-state index is -0.823. The zero-order valence-corrected chi connectivity index (χ0v) is 10.7. The molecule has 1 aromatic carbocycles. The van der Waals surface area contributed by atoms with Gasteiger partial charge in [-0.2, -0.15) is 0 Å². The molecule has 0 aliphatic carbocycles. The molecule has 1 amide bonds. The molecule has 0 saturated carbocycles. The molecular formula is C14H16N2O4. The largest absolute Gasteiger partial charge is 0.459 e. The van der Waals surface area contributed by atoms with Crippen LogP contribution in [0.4, 0.5) is 11.4 Å². The van der Waals surface area contributed by atoms with E-state index in [-0.39, 0.29) is 24.8 Å². The highest BCUT2D eigenvalue weighted by Gasteiger charge is 2.09. The maximum Gasteiger partial charge on any atom is 0.291 e. The molecule has 0 radical (unpaired) electrons. The van der Waals surface area contributed by atoms with Gasteiger partial charge in [-0.3, -0.25) is 4.79 Å². The molecule has 0 aliphatic rings. The number of benzene rings is 1. The lowest BCUT2D eigenvalue weighted by molar-refractivity contribution is 0.0996. The molecule has 20 heavy (non-hydrogen) atoms. The zero-order valence-electron chi connectivity index (χ0n) is 10.7. The summed E-state index contributed by atoms with van der Waals surface area (Å²) in [7, 11) is 0. The number of aliphatic hydroxyl groups excluding tert-OH is 2. The molecular weight excluding hydrogens is 260 g/mol. The van der Waals surface area contributed by atoms with Crippen LogP contribution in [0.15, 0.2) is 47.1 Å². The molecule has 0 spiro atoms. The molecule has 6 heteroatoms. The minimum absolute atomic E-state index is 0.228. The first-order valence-corrected chi connectivity index (χ1v) is 6.17. The lowest BCUT2D eigenvalue weighted by Crippen LogP contribution is -2.23. The van der Waals surface area contributed by atoms with Crippen molar-refractivity contribution in [3.63, 3.8) is 0 Å². The fraction of sp³-hybridized carbons (Fsp3) is 0.214. The van der Waals surface area contributed by atoms with Crippen LogP contribution in [0.5, 0.6) is 0 Å². The topological polar surface area (TPSA) is 94.7 Å². The third kappa shape index (κ3) is 3.84. The third-order valence-corrected chi connectivity index (χ3v) is 2.62. The first-order valence-electron chi connectivity index (χ1n) is 6.17. The Hall–Kier alpha value is -2.31. The molecule has 1 heterocycles. The molecule has 0 saturated heterocycles. The summed E-state index contributed by atoms with van der Waals surface area (Å²) >= 11 is 0. The highest BCUT2D eigenvalue weighted by atomic mass is 16.3. The SMILES string of the molecule is O=C(Nc1cccc(NCC(O)CO)c1)c1ccco1. The van der Waals surface area contributed by atoms with Gasteiger partial charge >= 0.3 is 0 Å². The van der Waals surface area contributed by atoms with Gasteiger partial charge in [-0.25, -0.2) is 0 Å². The van der Waals surface area contributed by atoms with Crippen molar-refractivity contribution >= 4 is 17.3 Å². The van der Waals surface area contributed by atoms with Crippen LogP contribution in [0, 0.1) is 0 Å². The number of hydrogen-bond donors (Lipinski definition) is 4. The fourth-order valence-corrected chi connectivity index (χ4v) is 1.61. The standard InChI is InChI=1S/C14H16N2O4/c17-9-12(18)8-15-10-3-1-4-11(7-10)16-14(19)13-5-2-6-20-13/h1-7,12,15,17-18H,8-9H2,(H,16,19). The highest BCUT2D eigenvalue weighted by Crippen LogP contribution is 2.16. The molecule has 2 aromatic rings. The number of furan rings is 1. The van der Waals surface area contributed by atoms with E-state index in [1.165, 1.54) is 6.26 Å². The number of aliphatic hydroxyl groups is 2. The number of anilines is 2. The van der Waals surface area contributed by atoms with E-state index in [0.717, 1.165) is 5.69 Å². The van der Waals surface area contributed by atoms with E-state index in [0.29, 0.717) is 5.69 Å². The first kappa shape index (κ1) is 14.1. The number of rotatable bonds is 6. The second kappa shape index (κ2) is 6.74. The molecule has 2 rings (SSSR count). The quantitative estimate of drug-likeness (QED) is 0.638. The monoisotopic (exact) mass is 276 g/mol. The van der Waals surface area contributed by atoms with Crippen LogP contribution in [0.25, 0.3) is 0 Å². The predicted molar refractivity (Wildman–Crippen MR) is 74.7 cm³/mol. The number of amides is 1. The van der Waals surface area contributed by atoms with Gasteiger partial charge in [0, 0.05) is 17.9 Å². The van der Waals surface area contributed by atoms with Crippen molar-refractivity contribution in [2.75, 3.05) is 23.8 Å². The maximum absolute atomic E-state index is 11.8. The summed E-state index contributed by atoms with van der Waals surface area (Å²) in [5.74, 6) is -0.0957. The van der Waals surface area contributed by atoms with Crippen LogP contribution in [0.2, 0.25) is 0 Å². The van der Waals surface area contributed by atoms with Crippen molar-refractivity contribution in [1.29, 1.82) is 0 Å². The molecule has 1 unspecified atom stereocenters. The van der Waals surface area contributed by atoms with Gasteiger partial charge < -0.3 is 25.3 Å². The minimum Gasteiger partial charge on any atom is -0.459 e. The van der Waals surface area contributed by atoms with Crippen molar-refractivity contribution in [1.82, 2.24) is 0 Å². The third-order valence-electron chi connectivity index (χ3n) is 2.62. The van der Waals surface area contributed by atoms with Gasteiger partial charge in [0.1, 0.15) is 0 Å². The molecule has 1 aromatic heterocycles. The number of carbonyl (C=O) groups excluding carboxylic acids is 1. The Morgan fingerprint density at radius 3 is 2.75 bits per heavy atom. The molecule has 0 bridgehead atoms. The van der Waals surface area contributed by atoms with Crippen LogP contribution in [-0.4, -0.2) is 35.4 Å². The average molecular weight is 276 g/mol. The molecule has 6 nitrogen and oxygen atoms in total. The summed E-state index contributed by atoms with van der Waals surface area (Å²) in [5.41, 5.74) is 1.34. The van der Waals surface area contributed by atoms with E-state index >= 15 is 0 Å². The van der Waals surface area contributed by atoms with Crippen LogP contribution in [0.1, 0.15) is 10.6 Å². The Morgan fingerprint density at radius 1 is 1.25 bits per heavy atom. The molecule has 1 atom stereocenters. The summed E-state index contributed by atoms with van der Waals surface area (Å²) in [4.78, 5) is 11.8. The van der Waals surface area contributed by atoms with E-state index in [4.69, 9.17) is 9.52 Å². The van der Waals surface area contributed by atoms with E-state index in [9.17, 15) is 9.90 Å². The summed E-state index contributed by atoms with van der Waals surface area (Å²) in [6, 6.07) is 10.3. The lowest BCUT2D eigenvalue weighted by Gasteiger charge is -2.11. The second-order valence-electron chi connectivity index (χ2n) is 4.23. The Labute approximate surface area is 116 Å². The van der Waals surface area contributed by atoms with Crippen LogP contribution in [-0.2, 0) is 0 Å². The number of carbonyl (C=O) groups is 1. The molecule has 4 N–H and O–H groups in total. The zero-order chi connectivity index (χ0) is 14.4. The van der Waals surface area contributed by atoms with E-state index < -0.39 is 6.10 Å².